The topological polar surface area (TPSA) is 51.2 Å². The Morgan fingerprint density at radius 2 is 2.44 bits per heavy atom. The van der Waals surface area contributed by atoms with Gasteiger partial charge in [0.1, 0.15) is 0 Å². The van der Waals surface area contributed by atoms with Crippen molar-refractivity contribution in [3.05, 3.63) is 29.6 Å². The SMILES string of the molecule is CNCCC#Cc1cccnc1C(=O)OC. The first-order valence-corrected chi connectivity index (χ1v) is 4.96. The van der Waals surface area contributed by atoms with Crippen molar-refractivity contribution in [2.75, 3.05) is 20.7 Å². The zero-order valence-electron chi connectivity index (χ0n) is 9.41. The van der Waals surface area contributed by atoms with E-state index in [1.807, 2.05) is 7.05 Å². The third kappa shape index (κ3) is 3.37. The standard InChI is InChI=1S/C12H14N2O2/c1-13-8-4-3-6-10-7-5-9-14-11(10)12(15)16-2/h5,7,9,13H,4,8H2,1-2H3. The van der Waals surface area contributed by atoms with Crippen LogP contribution < -0.4 is 5.32 Å². The number of nitrogens with zero attached hydrogens (tertiary/aromatic N) is 1. The first-order valence-electron chi connectivity index (χ1n) is 4.96. The lowest BCUT2D eigenvalue weighted by molar-refractivity contribution is 0.0593. The second-order valence-corrected chi connectivity index (χ2v) is 3.05. The van der Waals surface area contributed by atoms with Gasteiger partial charge in [0.15, 0.2) is 5.69 Å². The van der Waals surface area contributed by atoms with Gasteiger partial charge in [0, 0.05) is 19.2 Å². The summed E-state index contributed by atoms with van der Waals surface area (Å²) in [6.45, 7) is 0.820. The van der Waals surface area contributed by atoms with Gasteiger partial charge in [-0.2, -0.15) is 0 Å². The molecule has 0 aliphatic heterocycles. The molecule has 0 radical (unpaired) electrons. The number of nitrogens with one attached hydrogen (secondary N) is 1. The Bertz CT molecular complexity index is 419. The summed E-state index contributed by atoms with van der Waals surface area (Å²) in [6, 6.07) is 3.50. The minimum Gasteiger partial charge on any atom is -0.464 e. The highest BCUT2D eigenvalue weighted by Gasteiger charge is 2.10. The van der Waals surface area contributed by atoms with Crippen LogP contribution in [0, 0.1) is 11.8 Å². The summed E-state index contributed by atoms with van der Waals surface area (Å²) < 4.78 is 4.62. The van der Waals surface area contributed by atoms with Crippen LogP contribution in [0.3, 0.4) is 0 Å². The highest BCUT2D eigenvalue weighted by molar-refractivity contribution is 5.89. The molecule has 1 aromatic heterocycles. The van der Waals surface area contributed by atoms with E-state index >= 15 is 0 Å². The number of hydrogen-bond acceptors (Lipinski definition) is 4. The van der Waals surface area contributed by atoms with Gasteiger partial charge in [0.25, 0.3) is 0 Å². The number of esters is 1. The lowest BCUT2D eigenvalue weighted by Gasteiger charge is -1.99. The predicted octanol–water partition coefficient (Wildman–Crippen LogP) is 0.829. The van der Waals surface area contributed by atoms with E-state index in [1.165, 1.54) is 7.11 Å². The fourth-order valence-corrected chi connectivity index (χ4v) is 1.11. The van der Waals surface area contributed by atoms with Gasteiger partial charge >= 0.3 is 5.97 Å². The molecule has 84 valence electrons. The van der Waals surface area contributed by atoms with Crippen molar-refractivity contribution in [2.24, 2.45) is 0 Å². The van der Waals surface area contributed by atoms with Gasteiger partial charge in [-0.3, -0.25) is 0 Å². The number of pyridine rings is 1. The lowest BCUT2D eigenvalue weighted by Crippen LogP contribution is -2.07. The summed E-state index contributed by atoms with van der Waals surface area (Å²) in [5.74, 6) is 5.41. The zero-order chi connectivity index (χ0) is 11.8. The molecule has 1 rings (SSSR count). The van der Waals surface area contributed by atoms with E-state index < -0.39 is 5.97 Å². The molecule has 0 aliphatic rings. The van der Waals surface area contributed by atoms with Gasteiger partial charge in [-0.25, -0.2) is 9.78 Å². The Balaban J connectivity index is 2.85. The summed E-state index contributed by atoms with van der Waals surface area (Å²) in [5.41, 5.74) is 0.868. The number of hydrogen-bond donors (Lipinski definition) is 1. The highest BCUT2D eigenvalue weighted by atomic mass is 16.5. The molecule has 0 saturated heterocycles. The van der Waals surface area contributed by atoms with Crippen molar-refractivity contribution in [3.8, 4) is 11.8 Å². The molecule has 0 aliphatic carbocycles. The fourth-order valence-electron chi connectivity index (χ4n) is 1.11. The van der Waals surface area contributed by atoms with Crippen molar-refractivity contribution in [1.29, 1.82) is 0 Å². The second kappa shape index (κ2) is 6.59. The Labute approximate surface area is 95.0 Å². The van der Waals surface area contributed by atoms with Crippen molar-refractivity contribution in [1.82, 2.24) is 10.3 Å². The molecule has 1 aromatic rings. The Hall–Kier alpha value is -1.86. The first-order chi connectivity index (χ1) is 7.79. The van der Waals surface area contributed by atoms with Crippen LogP contribution >= 0.6 is 0 Å². The predicted molar refractivity (Wildman–Crippen MR) is 61.0 cm³/mol. The largest absolute Gasteiger partial charge is 0.464 e. The van der Waals surface area contributed by atoms with Gasteiger partial charge in [-0.05, 0) is 19.2 Å². The van der Waals surface area contributed by atoms with Crippen LogP contribution in [0.2, 0.25) is 0 Å². The normalized spacial score (nSPS) is 9.12. The number of carbonyl (C=O) groups excluding carboxylic acids is 1. The molecule has 1 N–H and O–H groups in total. The third-order valence-corrected chi connectivity index (χ3v) is 1.91. The molecular weight excluding hydrogens is 204 g/mol. The van der Waals surface area contributed by atoms with Crippen molar-refractivity contribution in [2.45, 2.75) is 6.42 Å². The molecule has 16 heavy (non-hydrogen) atoms. The van der Waals surface area contributed by atoms with Crippen molar-refractivity contribution < 1.29 is 9.53 Å². The van der Waals surface area contributed by atoms with Gasteiger partial charge in [-0.1, -0.05) is 11.8 Å². The van der Waals surface area contributed by atoms with E-state index in [2.05, 4.69) is 26.9 Å². The zero-order valence-corrected chi connectivity index (χ0v) is 9.41. The monoisotopic (exact) mass is 218 g/mol. The number of methoxy groups -OCH3 is 1. The summed E-state index contributed by atoms with van der Waals surface area (Å²) >= 11 is 0. The molecule has 4 heteroatoms. The van der Waals surface area contributed by atoms with Gasteiger partial charge in [-0.15, -0.1) is 0 Å². The van der Waals surface area contributed by atoms with Gasteiger partial charge in [0.05, 0.1) is 12.7 Å². The minimum atomic E-state index is -0.460. The number of aromatic nitrogens is 1. The maximum Gasteiger partial charge on any atom is 0.357 e. The van der Waals surface area contributed by atoms with E-state index in [4.69, 9.17) is 0 Å². The van der Waals surface area contributed by atoms with Crippen LogP contribution in [-0.4, -0.2) is 31.7 Å². The van der Waals surface area contributed by atoms with E-state index in [0.29, 0.717) is 5.56 Å². The van der Waals surface area contributed by atoms with E-state index in [-0.39, 0.29) is 5.69 Å². The quantitative estimate of drug-likeness (QED) is 0.464. The maximum absolute atomic E-state index is 11.4. The molecule has 0 amide bonds. The summed E-state index contributed by atoms with van der Waals surface area (Å²) in [7, 11) is 3.20. The second-order valence-electron chi connectivity index (χ2n) is 3.05. The van der Waals surface area contributed by atoms with Gasteiger partial charge < -0.3 is 10.1 Å². The van der Waals surface area contributed by atoms with Crippen LogP contribution in [0.25, 0.3) is 0 Å². The Morgan fingerprint density at radius 1 is 1.62 bits per heavy atom. The van der Waals surface area contributed by atoms with E-state index in [1.54, 1.807) is 18.3 Å². The summed E-state index contributed by atoms with van der Waals surface area (Å²) in [4.78, 5) is 15.3. The smallest absolute Gasteiger partial charge is 0.357 e. The van der Waals surface area contributed by atoms with Gasteiger partial charge in [0.2, 0.25) is 0 Å². The molecule has 0 saturated carbocycles. The molecule has 0 bridgehead atoms. The van der Waals surface area contributed by atoms with E-state index in [9.17, 15) is 4.79 Å². The molecule has 1 heterocycles. The fraction of sp³-hybridized carbons (Fsp3) is 0.333. The Morgan fingerprint density at radius 3 is 3.12 bits per heavy atom. The molecule has 0 unspecified atom stereocenters. The highest BCUT2D eigenvalue weighted by Crippen LogP contribution is 2.04. The minimum absolute atomic E-state index is 0.266. The maximum atomic E-state index is 11.4. The number of rotatable bonds is 3. The molecule has 0 fully saturated rings. The van der Waals surface area contributed by atoms with Crippen LogP contribution in [0.1, 0.15) is 22.5 Å². The Kier molecular flexibility index (Phi) is 5.03. The van der Waals surface area contributed by atoms with Crippen LogP contribution in [0.4, 0.5) is 0 Å². The summed E-state index contributed by atoms with van der Waals surface area (Å²) in [6.07, 6.45) is 2.27. The van der Waals surface area contributed by atoms with Crippen LogP contribution in [0.15, 0.2) is 18.3 Å². The first kappa shape index (κ1) is 12.2. The third-order valence-electron chi connectivity index (χ3n) is 1.91. The average molecular weight is 218 g/mol. The lowest BCUT2D eigenvalue weighted by atomic mass is 10.2. The molecular formula is C12H14N2O2. The molecule has 4 nitrogen and oxygen atoms in total. The van der Waals surface area contributed by atoms with Crippen molar-refractivity contribution in [3.63, 3.8) is 0 Å². The number of carbonyl (C=O) groups is 1. The van der Waals surface area contributed by atoms with Crippen LogP contribution in [-0.2, 0) is 4.74 Å². The number of ether oxygens (including phenoxy) is 1. The molecule has 0 atom stereocenters. The average Bonchev–Trinajstić information content (AvgIpc) is 2.34. The molecule has 0 spiro atoms. The van der Waals surface area contributed by atoms with E-state index in [0.717, 1.165) is 13.0 Å². The van der Waals surface area contributed by atoms with Crippen molar-refractivity contribution >= 4 is 5.97 Å². The summed E-state index contributed by atoms with van der Waals surface area (Å²) in [5, 5.41) is 2.99. The molecule has 0 aromatic carbocycles. The van der Waals surface area contributed by atoms with Crippen LogP contribution in [0.5, 0.6) is 0 Å².